The topological polar surface area (TPSA) is 54.6 Å². The summed E-state index contributed by atoms with van der Waals surface area (Å²) >= 11 is 0. The number of H-pyrrole nitrogens is 1. The molecule has 24 heavy (non-hydrogen) atoms. The van der Waals surface area contributed by atoms with Crippen LogP contribution in [0.2, 0.25) is 0 Å². The molecule has 0 saturated carbocycles. The number of hydrogen-bond donors (Lipinski definition) is 1. The first-order chi connectivity index (χ1) is 11.7. The molecule has 1 aromatic heterocycles. The van der Waals surface area contributed by atoms with Crippen LogP contribution in [-0.4, -0.2) is 43.7 Å². The maximum Gasteiger partial charge on any atom is 0.251 e. The molecule has 5 nitrogen and oxygen atoms in total. The lowest BCUT2D eigenvalue weighted by Crippen LogP contribution is -2.18. The number of ether oxygens (including phenoxy) is 2. The fraction of sp³-hybridized carbons (Fsp3) is 0.526. The number of fused-ring (bicyclic) bond motifs is 3. The molecule has 128 valence electrons. The Bertz CT molecular complexity index is 827. The van der Waals surface area contributed by atoms with Crippen molar-refractivity contribution >= 4 is 10.9 Å². The molecule has 1 aromatic carbocycles. The predicted molar refractivity (Wildman–Crippen MR) is 94.2 cm³/mol. The molecule has 0 bridgehead atoms. The molecule has 2 heterocycles. The Morgan fingerprint density at radius 2 is 2.08 bits per heavy atom. The fourth-order valence-electron chi connectivity index (χ4n) is 4.04. The second kappa shape index (κ2) is 6.13. The highest BCUT2D eigenvalue weighted by molar-refractivity contribution is 5.87. The van der Waals surface area contributed by atoms with Crippen LogP contribution in [0.25, 0.3) is 10.9 Å². The first kappa shape index (κ1) is 15.5. The molecule has 1 fully saturated rings. The third-order valence-electron chi connectivity index (χ3n) is 5.33. The van der Waals surface area contributed by atoms with Crippen molar-refractivity contribution in [3.05, 3.63) is 33.6 Å². The Labute approximate surface area is 141 Å². The number of nitrogens with zero attached hydrogens (tertiary/aromatic N) is 1. The number of rotatable bonds is 4. The van der Waals surface area contributed by atoms with E-state index >= 15 is 0 Å². The number of nitrogens with one attached hydrogen (secondary N) is 1. The van der Waals surface area contributed by atoms with Crippen LogP contribution < -0.4 is 15.0 Å². The molecule has 1 aliphatic heterocycles. The van der Waals surface area contributed by atoms with Crippen LogP contribution in [-0.2, 0) is 12.8 Å². The summed E-state index contributed by atoms with van der Waals surface area (Å²) in [6.07, 6.45) is 4.05. The van der Waals surface area contributed by atoms with Crippen molar-refractivity contribution in [1.82, 2.24) is 9.88 Å². The van der Waals surface area contributed by atoms with Crippen LogP contribution in [0.4, 0.5) is 0 Å². The molecule has 2 aliphatic rings. The van der Waals surface area contributed by atoms with Gasteiger partial charge < -0.3 is 19.4 Å². The largest absolute Gasteiger partial charge is 0.493 e. The summed E-state index contributed by atoms with van der Waals surface area (Å²) in [7, 11) is 3.81. The molecule has 0 radical (unpaired) electrons. The van der Waals surface area contributed by atoms with Gasteiger partial charge in [-0.2, -0.15) is 0 Å². The van der Waals surface area contributed by atoms with Gasteiger partial charge in [-0.3, -0.25) is 4.79 Å². The summed E-state index contributed by atoms with van der Waals surface area (Å²) < 4.78 is 11.6. The van der Waals surface area contributed by atoms with Gasteiger partial charge in [0.15, 0.2) is 11.5 Å². The van der Waals surface area contributed by atoms with Crippen molar-refractivity contribution < 1.29 is 9.47 Å². The van der Waals surface area contributed by atoms with E-state index in [9.17, 15) is 4.79 Å². The minimum Gasteiger partial charge on any atom is -0.493 e. The summed E-state index contributed by atoms with van der Waals surface area (Å²) in [5.41, 5.74) is 3.01. The normalized spacial score (nSPS) is 20.5. The molecule has 1 saturated heterocycles. The fourth-order valence-corrected chi connectivity index (χ4v) is 4.04. The number of hydrogen-bond acceptors (Lipinski definition) is 4. The Hall–Kier alpha value is -2.01. The minimum absolute atomic E-state index is 0.0449. The zero-order valence-corrected chi connectivity index (χ0v) is 14.4. The van der Waals surface area contributed by atoms with E-state index < -0.39 is 0 Å². The van der Waals surface area contributed by atoms with Crippen LogP contribution in [0.3, 0.4) is 0 Å². The van der Waals surface area contributed by atoms with E-state index in [4.69, 9.17) is 9.47 Å². The van der Waals surface area contributed by atoms with Gasteiger partial charge in [0.05, 0.1) is 19.2 Å². The van der Waals surface area contributed by atoms with Crippen molar-refractivity contribution in [2.45, 2.75) is 25.7 Å². The van der Waals surface area contributed by atoms with Crippen molar-refractivity contribution in [2.75, 3.05) is 33.9 Å². The van der Waals surface area contributed by atoms with E-state index in [2.05, 4.69) is 16.9 Å². The van der Waals surface area contributed by atoms with Gasteiger partial charge in [-0.1, -0.05) is 0 Å². The molecule has 1 unspecified atom stereocenters. The lowest BCUT2D eigenvalue weighted by atomic mass is 10.0. The molecule has 0 spiro atoms. The Kier molecular flexibility index (Phi) is 3.96. The number of aryl methyl sites for hydroxylation is 1. The van der Waals surface area contributed by atoms with Crippen molar-refractivity contribution in [2.24, 2.45) is 5.92 Å². The summed E-state index contributed by atoms with van der Waals surface area (Å²) in [5, 5.41) is 1.09. The van der Waals surface area contributed by atoms with Crippen LogP contribution in [0.5, 0.6) is 11.5 Å². The molecule has 4 rings (SSSR count). The zero-order chi connectivity index (χ0) is 16.7. The number of benzene rings is 1. The van der Waals surface area contributed by atoms with Gasteiger partial charge in [-0.25, -0.2) is 0 Å². The zero-order valence-electron chi connectivity index (χ0n) is 14.4. The number of methoxy groups -OCH3 is 1. The summed E-state index contributed by atoms with van der Waals surface area (Å²) in [6, 6.07) is 3.94. The Morgan fingerprint density at radius 1 is 1.25 bits per heavy atom. The SMILES string of the molecule is COc1cc2c3c(c(=O)[nH]c2cc1OCC1CCN(C)C1)CCC3. The average molecular weight is 328 g/mol. The monoisotopic (exact) mass is 328 g/mol. The number of aromatic nitrogens is 1. The maximum atomic E-state index is 12.3. The van der Waals surface area contributed by atoms with Gasteiger partial charge in [0.1, 0.15) is 0 Å². The number of aromatic amines is 1. The van der Waals surface area contributed by atoms with Crippen LogP contribution in [0, 0.1) is 5.92 Å². The molecule has 5 heteroatoms. The second-order valence-electron chi connectivity index (χ2n) is 7.04. The van der Waals surface area contributed by atoms with Gasteiger partial charge >= 0.3 is 0 Å². The van der Waals surface area contributed by atoms with E-state index in [1.165, 1.54) is 5.56 Å². The second-order valence-corrected chi connectivity index (χ2v) is 7.04. The number of pyridine rings is 1. The van der Waals surface area contributed by atoms with Gasteiger partial charge in [0.25, 0.3) is 5.56 Å². The summed E-state index contributed by atoms with van der Waals surface area (Å²) in [4.78, 5) is 17.6. The first-order valence-electron chi connectivity index (χ1n) is 8.73. The van der Waals surface area contributed by atoms with E-state index in [1.54, 1.807) is 7.11 Å². The lowest BCUT2D eigenvalue weighted by molar-refractivity contribution is 0.239. The summed E-state index contributed by atoms with van der Waals surface area (Å²) in [5.74, 6) is 2.01. The highest BCUT2D eigenvalue weighted by Crippen LogP contribution is 2.35. The predicted octanol–water partition coefficient (Wildman–Crippen LogP) is 2.36. The average Bonchev–Trinajstić information content (AvgIpc) is 3.22. The smallest absolute Gasteiger partial charge is 0.251 e. The molecular formula is C19H24N2O3. The third-order valence-corrected chi connectivity index (χ3v) is 5.33. The number of likely N-dealkylation sites (tertiary alicyclic amines) is 1. The van der Waals surface area contributed by atoms with Crippen LogP contribution in [0.15, 0.2) is 16.9 Å². The lowest BCUT2D eigenvalue weighted by Gasteiger charge is -2.16. The third kappa shape index (κ3) is 2.67. The van der Waals surface area contributed by atoms with Gasteiger partial charge in [-0.05, 0) is 50.9 Å². The van der Waals surface area contributed by atoms with Gasteiger partial charge in [-0.15, -0.1) is 0 Å². The van der Waals surface area contributed by atoms with Gasteiger partial charge in [0, 0.05) is 29.5 Å². The van der Waals surface area contributed by atoms with E-state index in [0.29, 0.717) is 18.3 Å². The van der Waals surface area contributed by atoms with E-state index in [1.807, 2.05) is 12.1 Å². The molecule has 1 N–H and O–H groups in total. The molecule has 1 atom stereocenters. The van der Waals surface area contributed by atoms with Gasteiger partial charge in [0.2, 0.25) is 0 Å². The quantitative estimate of drug-likeness (QED) is 0.936. The van der Waals surface area contributed by atoms with Crippen molar-refractivity contribution in [3.8, 4) is 11.5 Å². The molecule has 1 aliphatic carbocycles. The molecular weight excluding hydrogens is 304 g/mol. The van der Waals surface area contributed by atoms with Crippen LogP contribution >= 0.6 is 0 Å². The highest BCUT2D eigenvalue weighted by Gasteiger charge is 2.22. The first-order valence-corrected chi connectivity index (χ1v) is 8.73. The Morgan fingerprint density at radius 3 is 2.83 bits per heavy atom. The summed E-state index contributed by atoms with van der Waals surface area (Å²) in [6.45, 7) is 2.88. The minimum atomic E-state index is 0.0449. The van der Waals surface area contributed by atoms with E-state index in [0.717, 1.165) is 61.0 Å². The maximum absolute atomic E-state index is 12.3. The highest BCUT2D eigenvalue weighted by atomic mass is 16.5. The van der Waals surface area contributed by atoms with Crippen molar-refractivity contribution in [1.29, 1.82) is 0 Å². The van der Waals surface area contributed by atoms with E-state index in [-0.39, 0.29) is 5.56 Å². The Balaban J connectivity index is 1.68. The standard InChI is InChI=1S/C19H24N2O3/c1-21-7-6-12(10-21)11-24-18-9-16-15(8-17(18)23-2)13-4-3-5-14(13)19(22)20-16/h8-9,12H,3-7,10-11H2,1-2H3,(H,20,22). The van der Waals surface area contributed by atoms with Crippen molar-refractivity contribution in [3.63, 3.8) is 0 Å². The molecule has 2 aromatic rings. The van der Waals surface area contributed by atoms with Crippen LogP contribution in [0.1, 0.15) is 24.0 Å². The molecule has 0 amide bonds.